The van der Waals surface area contributed by atoms with E-state index in [1.165, 1.54) is 32.1 Å². The Bertz CT molecular complexity index is 295. The molecule has 0 spiro atoms. The van der Waals surface area contributed by atoms with Crippen molar-refractivity contribution in [1.29, 1.82) is 0 Å². The summed E-state index contributed by atoms with van der Waals surface area (Å²) in [7, 11) is 0. The van der Waals surface area contributed by atoms with E-state index in [1.807, 2.05) is 20.8 Å². The van der Waals surface area contributed by atoms with E-state index in [1.54, 1.807) is 0 Å². The minimum Gasteiger partial charge on any atom is -0.444 e. The van der Waals surface area contributed by atoms with Gasteiger partial charge in [-0.2, -0.15) is 0 Å². The van der Waals surface area contributed by atoms with E-state index in [-0.39, 0.29) is 6.09 Å². The van der Waals surface area contributed by atoms with Crippen LogP contribution in [-0.4, -0.2) is 30.3 Å². The van der Waals surface area contributed by atoms with E-state index in [2.05, 4.69) is 24.5 Å². The van der Waals surface area contributed by atoms with Crippen molar-refractivity contribution in [2.24, 2.45) is 5.92 Å². The Labute approximate surface area is 124 Å². The smallest absolute Gasteiger partial charge is 0.407 e. The lowest BCUT2D eigenvalue weighted by atomic mass is 10.0. The third-order valence-corrected chi connectivity index (χ3v) is 4.00. The molecule has 0 heterocycles. The Morgan fingerprint density at radius 1 is 1.25 bits per heavy atom. The summed E-state index contributed by atoms with van der Waals surface area (Å²) in [4.78, 5) is 11.7. The molecule has 2 unspecified atom stereocenters. The maximum Gasteiger partial charge on any atom is 0.407 e. The molecule has 4 nitrogen and oxygen atoms in total. The van der Waals surface area contributed by atoms with Crippen LogP contribution >= 0.6 is 0 Å². The molecular formula is C16H32N2O2. The van der Waals surface area contributed by atoms with Gasteiger partial charge in [0, 0.05) is 18.6 Å². The van der Waals surface area contributed by atoms with Crippen molar-refractivity contribution in [3.8, 4) is 0 Å². The van der Waals surface area contributed by atoms with Gasteiger partial charge < -0.3 is 15.4 Å². The summed E-state index contributed by atoms with van der Waals surface area (Å²) < 4.78 is 5.29. The van der Waals surface area contributed by atoms with E-state index < -0.39 is 5.60 Å². The van der Waals surface area contributed by atoms with Crippen molar-refractivity contribution in [2.45, 2.75) is 84.4 Å². The molecule has 2 atom stereocenters. The molecule has 0 aliphatic heterocycles. The van der Waals surface area contributed by atoms with Gasteiger partial charge in [0.2, 0.25) is 0 Å². The summed E-state index contributed by atoms with van der Waals surface area (Å²) in [6.45, 7) is 10.8. The van der Waals surface area contributed by atoms with Crippen LogP contribution in [0.3, 0.4) is 0 Å². The van der Waals surface area contributed by atoms with Crippen LogP contribution in [0.4, 0.5) is 4.79 Å². The molecule has 1 saturated carbocycles. The molecule has 118 valence electrons. The van der Waals surface area contributed by atoms with Crippen LogP contribution in [0.2, 0.25) is 0 Å². The number of hydrogen-bond donors (Lipinski definition) is 2. The molecule has 0 radical (unpaired) electrons. The van der Waals surface area contributed by atoms with Crippen LogP contribution < -0.4 is 10.6 Å². The van der Waals surface area contributed by atoms with Gasteiger partial charge in [-0.3, -0.25) is 0 Å². The van der Waals surface area contributed by atoms with Crippen LogP contribution in [0.5, 0.6) is 0 Å². The summed E-state index contributed by atoms with van der Waals surface area (Å²) in [5.41, 5.74) is -0.424. The molecule has 1 aliphatic rings. The van der Waals surface area contributed by atoms with Gasteiger partial charge >= 0.3 is 6.09 Å². The van der Waals surface area contributed by atoms with Crippen LogP contribution in [0.25, 0.3) is 0 Å². The fourth-order valence-electron chi connectivity index (χ4n) is 2.86. The van der Waals surface area contributed by atoms with Gasteiger partial charge in [-0.25, -0.2) is 4.79 Å². The molecule has 0 saturated heterocycles. The quantitative estimate of drug-likeness (QED) is 0.785. The zero-order valence-electron chi connectivity index (χ0n) is 13.8. The van der Waals surface area contributed by atoms with Crippen molar-refractivity contribution < 1.29 is 9.53 Å². The molecule has 20 heavy (non-hydrogen) atoms. The van der Waals surface area contributed by atoms with Gasteiger partial charge in [-0.15, -0.1) is 0 Å². The van der Waals surface area contributed by atoms with E-state index >= 15 is 0 Å². The molecule has 1 amide bonds. The first-order valence-electron chi connectivity index (χ1n) is 8.08. The van der Waals surface area contributed by atoms with E-state index in [0.717, 1.165) is 0 Å². The monoisotopic (exact) mass is 284 g/mol. The average molecular weight is 284 g/mol. The fourth-order valence-corrected chi connectivity index (χ4v) is 2.86. The Morgan fingerprint density at radius 3 is 2.45 bits per heavy atom. The lowest BCUT2D eigenvalue weighted by molar-refractivity contribution is 0.0517. The standard InChI is InChI=1S/C16H32N2O2/c1-6-13(7-2)18-14-10-8-9-12(14)11-17-15(19)20-16(3,4)5/h12-14,18H,6-11H2,1-5H3,(H,17,19). The largest absolute Gasteiger partial charge is 0.444 e. The molecule has 1 aliphatic carbocycles. The predicted molar refractivity (Wildman–Crippen MR) is 82.9 cm³/mol. The molecule has 0 aromatic carbocycles. The lowest BCUT2D eigenvalue weighted by Crippen LogP contribution is -2.44. The SMILES string of the molecule is CCC(CC)NC1CCCC1CNC(=O)OC(C)(C)C. The zero-order valence-corrected chi connectivity index (χ0v) is 13.8. The predicted octanol–water partition coefficient (Wildman–Crippen LogP) is 3.46. The number of ether oxygens (including phenoxy) is 1. The molecule has 0 aromatic rings. The highest BCUT2D eigenvalue weighted by atomic mass is 16.6. The second kappa shape index (κ2) is 7.87. The molecule has 1 fully saturated rings. The second-order valence-corrected chi connectivity index (χ2v) is 6.86. The summed E-state index contributed by atoms with van der Waals surface area (Å²) in [5.74, 6) is 0.531. The number of amides is 1. The average Bonchev–Trinajstić information content (AvgIpc) is 2.78. The van der Waals surface area contributed by atoms with Crippen LogP contribution in [0, 0.1) is 5.92 Å². The van der Waals surface area contributed by atoms with Crippen molar-refractivity contribution in [3.63, 3.8) is 0 Å². The Kier molecular flexibility index (Phi) is 6.80. The fraction of sp³-hybridized carbons (Fsp3) is 0.938. The first-order valence-corrected chi connectivity index (χ1v) is 8.08. The number of nitrogens with one attached hydrogen (secondary N) is 2. The van der Waals surface area contributed by atoms with Crippen molar-refractivity contribution in [1.82, 2.24) is 10.6 Å². The highest BCUT2D eigenvalue weighted by Gasteiger charge is 2.29. The first-order chi connectivity index (χ1) is 9.35. The van der Waals surface area contributed by atoms with Crippen molar-refractivity contribution in [2.75, 3.05) is 6.54 Å². The van der Waals surface area contributed by atoms with Gasteiger partial charge in [0.25, 0.3) is 0 Å². The van der Waals surface area contributed by atoms with Gasteiger partial charge in [-0.1, -0.05) is 20.3 Å². The second-order valence-electron chi connectivity index (χ2n) is 6.86. The highest BCUT2D eigenvalue weighted by Crippen LogP contribution is 2.26. The third kappa shape index (κ3) is 6.12. The number of alkyl carbamates (subject to hydrolysis) is 1. The van der Waals surface area contributed by atoms with E-state index in [4.69, 9.17) is 4.74 Å². The zero-order chi connectivity index (χ0) is 15.2. The van der Waals surface area contributed by atoms with Gasteiger partial charge in [0.05, 0.1) is 0 Å². The minimum absolute atomic E-state index is 0.300. The lowest BCUT2D eigenvalue weighted by Gasteiger charge is -2.27. The number of rotatable bonds is 6. The molecule has 0 bridgehead atoms. The van der Waals surface area contributed by atoms with Crippen LogP contribution in [-0.2, 0) is 4.74 Å². The molecule has 4 heteroatoms. The topological polar surface area (TPSA) is 50.4 Å². The Hall–Kier alpha value is -0.770. The third-order valence-electron chi connectivity index (χ3n) is 4.00. The van der Waals surface area contributed by atoms with Crippen LogP contribution in [0.15, 0.2) is 0 Å². The molecule has 0 aromatic heterocycles. The van der Waals surface area contributed by atoms with Crippen molar-refractivity contribution in [3.05, 3.63) is 0 Å². The van der Waals surface area contributed by atoms with E-state index in [0.29, 0.717) is 24.5 Å². The Balaban J connectivity index is 2.36. The normalized spacial score (nSPS) is 23.1. The summed E-state index contributed by atoms with van der Waals surface area (Å²) in [6.07, 6.45) is 5.69. The summed E-state index contributed by atoms with van der Waals surface area (Å²) in [6, 6.07) is 1.14. The van der Waals surface area contributed by atoms with E-state index in [9.17, 15) is 4.79 Å². The van der Waals surface area contributed by atoms with Crippen molar-refractivity contribution >= 4 is 6.09 Å². The number of hydrogen-bond acceptors (Lipinski definition) is 3. The van der Waals surface area contributed by atoms with Gasteiger partial charge in [-0.05, 0) is 52.4 Å². The molecule has 2 N–H and O–H groups in total. The first kappa shape index (κ1) is 17.3. The summed E-state index contributed by atoms with van der Waals surface area (Å²) >= 11 is 0. The van der Waals surface area contributed by atoms with Gasteiger partial charge in [0.15, 0.2) is 0 Å². The number of carbonyl (C=O) groups excluding carboxylic acids is 1. The minimum atomic E-state index is -0.424. The molecule has 1 rings (SSSR count). The summed E-state index contributed by atoms with van der Waals surface area (Å²) in [5, 5.41) is 6.66. The molecular weight excluding hydrogens is 252 g/mol. The maximum atomic E-state index is 11.7. The maximum absolute atomic E-state index is 11.7. The van der Waals surface area contributed by atoms with Crippen LogP contribution in [0.1, 0.15) is 66.7 Å². The number of carbonyl (C=O) groups is 1. The van der Waals surface area contributed by atoms with Gasteiger partial charge in [0.1, 0.15) is 5.60 Å². The Morgan fingerprint density at radius 2 is 1.90 bits per heavy atom. The highest BCUT2D eigenvalue weighted by molar-refractivity contribution is 5.67.